The van der Waals surface area contributed by atoms with Gasteiger partial charge in [-0.15, -0.1) is 0 Å². The second-order valence-corrected chi connectivity index (χ2v) is 9.09. The minimum Gasteiger partial charge on any atom is -0.298 e. The Morgan fingerprint density at radius 2 is 2.12 bits per heavy atom. The van der Waals surface area contributed by atoms with Crippen molar-refractivity contribution in [3.05, 3.63) is 50.9 Å². The Balaban J connectivity index is 1.41. The molecule has 0 spiro atoms. The van der Waals surface area contributed by atoms with Gasteiger partial charge in [0, 0.05) is 18.5 Å². The minimum absolute atomic E-state index is 0.0103. The van der Waals surface area contributed by atoms with E-state index in [9.17, 15) is 9.59 Å². The number of hydrogen-bond acceptors (Lipinski definition) is 4. The van der Waals surface area contributed by atoms with Crippen LogP contribution < -0.4 is 4.87 Å². The monoisotopic (exact) mass is 367 g/mol. The van der Waals surface area contributed by atoms with Crippen molar-refractivity contribution in [1.29, 1.82) is 0 Å². The van der Waals surface area contributed by atoms with Crippen LogP contribution in [0.1, 0.15) is 47.9 Å². The van der Waals surface area contributed by atoms with Crippen LogP contribution in [0.25, 0.3) is 10.2 Å². The molecular formula is C20H21N3O2S. The number of fused-ring (bicyclic) bond motifs is 4. The Morgan fingerprint density at radius 3 is 2.92 bits per heavy atom. The lowest BCUT2D eigenvalue weighted by Gasteiger charge is -2.10. The van der Waals surface area contributed by atoms with Crippen LogP contribution in [0.5, 0.6) is 0 Å². The van der Waals surface area contributed by atoms with Crippen LogP contribution >= 0.6 is 11.3 Å². The van der Waals surface area contributed by atoms with Crippen molar-refractivity contribution in [2.45, 2.75) is 46.1 Å². The number of aryl methyl sites for hydroxylation is 2. The van der Waals surface area contributed by atoms with Crippen molar-refractivity contribution in [1.82, 2.24) is 14.3 Å². The summed E-state index contributed by atoms with van der Waals surface area (Å²) in [6.45, 7) is 7.01. The predicted octanol–water partition coefficient (Wildman–Crippen LogP) is 3.59. The molecule has 0 amide bonds. The predicted molar refractivity (Wildman–Crippen MR) is 102 cm³/mol. The molecule has 2 heterocycles. The third-order valence-electron chi connectivity index (χ3n) is 6.34. The molecule has 2 aliphatic carbocycles. The average Bonchev–Trinajstić information content (AvgIpc) is 3.00. The fraction of sp³-hybridized carbons (Fsp3) is 0.450. The maximum Gasteiger partial charge on any atom is 0.308 e. The van der Waals surface area contributed by atoms with Gasteiger partial charge in [0.2, 0.25) is 5.91 Å². The summed E-state index contributed by atoms with van der Waals surface area (Å²) in [6, 6.07) is 7.72. The van der Waals surface area contributed by atoms with Gasteiger partial charge >= 0.3 is 4.87 Å². The number of rotatable bonds is 3. The van der Waals surface area contributed by atoms with Gasteiger partial charge in [0.05, 0.1) is 21.6 Å². The number of carbonyl (C=O) groups excluding carboxylic acids is 1. The number of thiazole rings is 1. The largest absolute Gasteiger partial charge is 0.308 e. The third kappa shape index (κ3) is 2.05. The number of aromatic nitrogens is 3. The fourth-order valence-electron chi connectivity index (χ4n) is 4.84. The quantitative estimate of drug-likeness (QED) is 0.711. The van der Waals surface area contributed by atoms with Crippen LogP contribution in [0.3, 0.4) is 0 Å². The highest BCUT2D eigenvalue weighted by Gasteiger charge is 2.64. The van der Waals surface area contributed by atoms with E-state index in [1.807, 2.05) is 31.2 Å². The highest BCUT2D eigenvalue weighted by molar-refractivity contribution is 7.16. The van der Waals surface area contributed by atoms with Gasteiger partial charge < -0.3 is 0 Å². The SMILES string of the molecule is Cc1nn(C(=O)CCn2c(=O)sc3ccccc32)c2c1C1C(C2)C1(C)C. The average molecular weight is 367 g/mol. The van der Waals surface area contributed by atoms with Gasteiger partial charge in [-0.25, -0.2) is 4.68 Å². The molecular weight excluding hydrogens is 346 g/mol. The van der Waals surface area contributed by atoms with Crippen molar-refractivity contribution >= 4 is 27.5 Å². The molecule has 3 aromatic rings. The van der Waals surface area contributed by atoms with Crippen LogP contribution in [-0.2, 0) is 13.0 Å². The zero-order chi connectivity index (χ0) is 18.2. The highest BCUT2D eigenvalue weighted by Crippen LogP contribution is 2.70. The van der Waals surface area contributed by atoms with E-state index >= 15 is 0 Å². The number of para-hydroxylation sites is 1. The lowest BCUT2D eigenvalue weighted by Crippen LogP contribution is -2.21. The van der Waals surface area contributed by atoms with Gasteiger partial charge in [0.25, 0.3) is 0 Å². The number of nitrogens with zero attached hydrogens (tertiary/aromatic N) is 3. The molecule has 2 aromatic heterocycles. The molecule has 6 heteroatoms. The standard InChI is InChI=1S/C20H21N3O2S/c1-11-17-14(10-12-18(17)20(12,2)3)23(21-11)16(24)8-9-22-13-6-4-5-7-15(13)26-19(22)25/h4-7,12,18H,8-10H2,1-3H3. The van der Waals surface area contributed by atoms with E-state index in [0.717, 1.165) is 28.0 Å². The van der Waals surface area contributed by atoms with Crippen LogP contribution in [0.2, 0.25) is 0 Å². The van der Waals surface area contributed by atoms with E-state index in [-0.39, 0.29) is 17.2 Å². The third-order valence-corrected chi connectivity index (χ3v) is 7.30. The molecule has 1 fully saturated rings. The fourth-order valence-corrected chi connectivity index (χ4v) is 5.76. The summed E-state index contributed by atoms with van der Waals surface area (Å²) in [5, 5.41) is 4.54. The Morgan fingerprint density at radius 1 is 1.35 bits per heavy atom. The van der Waals surface area contributed by atoms with Gasteiger partial charge in [0.15, 0.2) is 0 Å². The lowest BCUT2D eigenvalue weighted by atomic mass is 9.98. The van der Waals surface area contributed by atoms with Crippen molar-refractivity contribution in [2.75, 3.05) is 0 Å². The van der Waals surface area contributed by atoms with E-state index < -0.39 is 0 Å². The minimum atomic E-state index is -0.0179. The summed E-state index contributed by atoms with van der Waals surface area (Å²) in [5.41, 5.74) is 4.64. The molecule has 0 bridgehead atoms. The van der Waals surface area contributed by atoms with E-state index in [0.29, 0.717) is 23.8 Å². The molecule has 5 nitrogen and oxygen atoms in total. The van der Waals surface area contributed by atoms with Crippen molar-refractivity contribution in [3.8, 4) is 0 Å². The molecule has 0 radical (unpaired) electrons. The summed E-state index contributed by atoms with van der Waals surface area (Å²) >= 11 is 1.23. The molecule has 2 atom stereocenters. The molecule has 2 aliphatic rings. The molecule has 0 N–H and O–H groups in total. The second kappa shape index (κ2) is 5.16. The van der Waals surface area contributed by atoms with Crippen molar-refractivity contribution < 1.29 is 4.79 Å². The van der Waals surface area contributed by atoms with Crippen LogP contribution in [-0.4, -0.2) is 20.3 Å². The zero-order valence-electron chi connectivity index (χ0n) is 15.2. The molecule has 5 rings (SSSR count). The first-order chi connectivity index (χ1) is 12.4. The topological polar surface area (TPSA) is 56.9 Å². The normalized spacial score (nSPS) is 22.4. The van der Waals surface area contributed by atoms with Gasteiger partial charge in [-0.1, -0.05) is 37.3 Å². The van der Waals surface area contributed by atoms with Crippen LogP contribution in [0.4, 0.5) is 0 Å². The summed E-state index contributed by atoms with van der Waals surface area (Å²) in [5.74, 6) is 1.19. The Hall–Kier alpha value is -2.21. The number of carbonyl (C=O) groups is 1. The van der Waals surface area contributed by atoms with Gasteiger partial charge in [-0.2, -0.15) is 5.10 Å². The summed E-state index contributed by atoms with van der Waals surface area (Å²) < 4.78 is 4.28. The first kappa shape index (κ1) is 16.0. The van der Waals surface area contributed by atoms with Crippen LogP contribution in [0.15, 0.2) is 29.1 Å². The first-order valence-electron chi connectivity index (χ1n) is 9.09. The van der Waals surface area contributed by atoms with E-state index in [4.69, 9.17) is 0 Å². The molecule has 2 unspecified atom stereocenters. The molecule has 1 aromatic carbocycles. The Labute approximate surface area is 155 Å². The van der Waals surface area contributed by atoms with E-state index in [1.165, 1.54) is 16.9 Å². The molecule has 0 saturated heterocycles. The summed E-state index contributed by atoms with van der Waals surface area (Å²) in [4.78, 5) is 25.1. The highest BCUT2D eigenvalue weighted by atomic mass is 32.1. The molecule has 134 valence electrons. The maximum absolute atomic E-state index is 12.8. The molecule has 1 saturated carbocycles. The smallest absolute Gasteiger partial charge is 0.298 e. The summed E-state index contributed by atoms with van der Waals surface area (Å²) in [7, 11) is 0. The summed E-state index contributed by atoms with van der Waals surface area (Å²) in [6.07, 6.45) is 1.23. The zero-order valence-corrected chi connectivity index (χ0v) is 16.0. The lowest BCUT2D eigenvalue weighted by molar-refractivity contribution is 0.0876. The van der Waals surface area contributed by atoms with Crippen LogP contribution in [0, 0.1) is 18.3 Å². The second-order valence-electron chi connectivity index (χ2n) is 8.10. The Kier molecular flexibility index (Phi) is 3.18. The van der Waals surface area contributed by atoms with Crippen molar-refractivity contribution in [2.24, 2.45) is 11.3 Å². The number of benzene rings is 1. The van der Waals surface area contributed by atoms with Gasteiger partial charge in [-0.3, -0.25) is 14.2 Å². The molecule has 0 aliphatic heterocycles. The molecule has 26 heavy (non-hydrogen) atoms. The maximum atomic E-state index is 12.8. The van der Waals surface area contributed by atoms with Crippen molar-refractivity contribution in [3.63, 3.8) is 0 Å². The van der Waals surface area contributed by atoms with Gasteiger partial charge in [0.1, 0.15) is 0 Å². The first-order valence-corrected chi connectivity index (χ1v) is 9.91. The number of hydrogen-bond donors (Lipinski definition) is 0. The van der Waals surface area contributed by atoms with E-state index in [2.05, 4.69) is 18.9 Å². The van der Waals surface area contributed by atoms with E-state index in [1.54, 1.807) is 9.25 Å². The Bertz CT molecular complexity index is 1120. The van der Waals surface area contributed by atoms with Gasteiger partial charge in [-0.05, 0) is 42.7 Å².